The Bertz CT molecular complexity index is 714. The van der Waals surface area contributed by atoms with Crippen molar-refractivity contribution in [3.8, 4) is 11.5 Å². The summed E-state index contributed by atoms with van der Waals surface area (Å²) in [5.41, 5.74) is 2.66. The third-order valence-corrected chi connectivity index (χ3v) is 6.20. The number of aryl methyl sites for hydroxylation is 1. The van der Waals surface area contributed by atoms with Gasteiger partial charge >= 0.3 is 15.3 Å². The first-order valence-corrected chi connectivity index (χ1v) is 10.4. The van der Waals surface area contributed by atoms with E-state index in [2.05, 4.69) is 0 Å². The lowest BCUT2D eigenvalue weighted by atomic mass is 10.0. The molecule has 0 aliphatic heterocycles. The standard InChI is InChI=1S/C20H26O5Si/c1-15-12-13-18(25-20(21)16-9-6-5-7-10-16)19(22-2)17(15)11-8-14-26(23-3)24-4/h5-7,9-10,12-13,26H,8,11,14H2,1-4H3. The van der Waals surface area contributed by atoms with Crippen LogP contribution in [-0.2, 0) is 15.3 Å². The van der Waals surface area contributed by atoms with Crippen molar-refractivity contribution in [3.05, 3.63) is 59.2 Å². The van der Waals surface area contributed by atoms with E-state index >= 15 is 0 Å². The topological polar surface area (TPSA) is 54.0 Å². The number of ether oxygens (including phenoxy) is 2. The Labute approximate surface area is 156 Å². The van der Waals surface area contributed by atoms with Crippen molar-refractivity contribution in [2.75, 3.05) is 21.3 Å². The van der Waals surface area contributed by atoms with Gasteiger partial charge in [0.05, 0.1) is 12.7 Å². The number of methoxy groups -OCH3 is 1. The molecule has 0 aliphatic rings. The number of benzene rings is 2. The Kier molecular flexibility index (Phi) is 7.84. The summed E-state index contributed by atoms with van der Waals surface area (Å²) in [5, 5.41) is 0. The largest absolute Gasteiger partial charge is 0.493 e. The molecule has 0 unspecified atom stereocenters. The van der Waals surface area contributed by atoms with Crippen LogP contribution in [-0.4, -0.2) is 36.6 Å². The average molecular weight is 375 g/mol. The van der Waals surface area contributed by atoms with Crippen LogP contribution in [0.25, 0.3) is 0 Å². The maximum Gasteiger partial charge on any atom is 0.343 e. The van der Waals surface area contributed by atoms with Crippen LogP contribution in [0.1, 0.15) is 27.9 Å². The summed E-state index contributed by atoms with van der Waals surface area (Å²) in [6.07, 6.45) is 1.73. The lowest BCUT2D eigenvalue weighted by molar-refractivity contribution is 0.0729. The molecule has 0 heterocycles. The number of rotatable bonds is 9. The Morgan fingerprint density at radius 2 is 1.69 bits per heavy atom. The monoisotopic (exact) mass is 374 g/mol. The Balaban J connectivity index is 2.16. The summed E-state index contributed by atoms with van der Waals surface area (Å²) in [6.45, 7) is 2.03. The van der Waals surface area contributed by atoms with Crippen LogP contribution in [0.5, 0.6) is 11.5 Å². The molecule has 0 atom stereocenters. The second-order valence-electron chi connectivity index (χ2n) is 5.94. The van der Waals surface area contributed by atoms with Gasteiger partial charge in [-0.15, -0.1) is 0 Å². The van der Waals surface area contributed by atoms with Crippen molar-refractivity contribution < 1.29 is 23.1 Å². The van der Waals surface area contributed by atoms with Crippen LogP contribution < -0.4 is 9.47 Å². The first-order chi connectivity index (χ1) is 12.6. The summed E-state index contributed by atoms with van der Waals surface area (Å²) in [4.78, 5) is 12.4. The fourth-order valence-electron chi connectivity index (χ4n) is 2.83. The highest BCUT2D eigenvalue weighted by Crippen LogP contribution is 2.35. The zero-order valence-corrected chi connectivity index (χ0v) is 16.9. The minimum Gasteiger partial charge on any atom is -0.493 e. The molecule has 0 amide bonds. The van der Waals surface area contributed by atoms with Gasteiger partial charge in [-0.1, -0.05) is 24.3 Å². The van der Waals surface area contributed by atoms with Gasteiger partial charge in [0.2, 0.25) is 0 Å². The van der Waals surface area contributed by atoms with E-state index in [9.17, 15) is 4.79 Å². The fourth-order valence-corrected chi connectivity index (χ4v) is 4.03. The molecular weight excluding hydrogens is 348 g/mol. The fraction of sp³-hybridized carbons (Fsp3) is 0.350. The molecule has 0 spiro atoms. The van der Waals surface area contributed by atoms with E-state index in [0.29, 0.717) is 17.1 Å². The zero-order valence-electron chi connectivity index (χ0n) is 15.8. The molecule has 2 aromatic rings. The summed E-state index contributed by atoms with van der Waals surface area (Å²) >= 11 is 0. The highest BCUT2D eigenvalue weighted by molar-refractivity contribution is 6.44. The van der Waals surface area contributed by atoms with Crippen LogP contribution in [0.15, 0.2) is 42.5 Å². The minimum atomic E-state index is -1.58. The van der Waals surface area contributed by atoms with Gasteiger partial charge in [-0.25, -0.2) is 4.79 Å². The molecule has 2 aromatic carbocycles. The molecule has 26 heavy (non-hydrogen) atoms. The van der Waals surface area contributed by atoms with Crippen LogP contribution in [0.2, 0.25) is 6.04 Å². The summed E-state index contributed by atoms with van der Waals surface area (Å²) in [6, 6.07) is 13.6. The van der Waals surface area contributed by atoms with Crippen LogP contribution in [0.3, 0.4) is 0 Å². The molecule has 5 nitrogen and oxygen atoms in total. The van der Waals surface area contributed by atoms with E-state index < -0.39 is 15.3 Å². The predicted molar refractivity (Wildman–Crippen MR) is 103 cm³/mol. The Morgan fingerprint density at radius 1 is 1.00 bits per heavy atom. The quantitative estimate of drug-likeness (QED) is 0.381. The highest BCUT2D eigenvalue weighted by Gasteiger charge is 2.18. The maximum atomic E-state index is 12.4. The van der Waals surface area contributed by atoms with Gasteiger partial charge in [-0.3, -0.25) is 0 Å². The first kappa shape index (κ1) is 20.2. The van der Waals surface area contributed by atoms with E-state index in [0.717, 1.165) is 30.0 Å². The zero-order chi connectivity index (χ0) is 18.9. The smallest absolute Gasteiger partial charge is 0.343 e. The van der Waals surface area contributed by atoms with Gasteiger partial charge < -0.3 is 18.3 Å². The summed E-state index contributed by atoms with van der Waals surface area (Å²) in [5.74, 6) is 0.654. The van der Waals surface area contributed by atoms with Crippen molar-refractivity contribution in [2.24, 2.45) is 0 Å². The lowest BCUT2D eigenvalue weighted by Crippen LogP contribution is -2.18. The van der Waals surface area contributed by atoms with Gasteiger partial charge in [0.15, 0.2) is 11.5 Å². The second kappa shape index (κ2) is 10.1. The second-order valence-corrected chi connectivity index (χ2v) is 8.32. The maximum absolute atomic E-state index is 12.4. The molecule has 140 valence electrons. The van der Waals surface area contributed by atoms with Crippen molar-refractivity contribution in [1.82, 2.24) is 0 Å². The summed E-state index contributed by atoms with van der Waals surface area (Å²) in [7, 11) is 3.40. The van der Waals surface area contributed by atoms with Gasteiger partial charge in [0.1, 0.15) is 0 Å². The number of esters is 1. The van der Waals surface area contributed by atoms with Crippen molar-refractivity contribution in [2.45, 2.75) is 25.8 Å². The van der Waals surface area contributed by atoms with Gasteiger partial charge in [-0.05, 0) is 49.6 Å². The normalized spacial score (nSPS) is 10.8. The predicted octanol–water partition coefficient (Wildman–Crippen LogP) is 3.67. The molecule has 0 fully saturated rings. The van der Waals surface area contributed by atoms with E-state index in [1.807, 2.05) is 19.1 Å². The lowest BCUT2D eigenvalue weighted by Gasteiger charge is -2.17. The molecule has 0 saturated carbocycles. The molecule has 0 bridgehead atoms. The molecular formula is C20H26O5Si. The molecule has 0 aromatic heterocycles. The molecule has 0 N–H and O–H groups in total. The minimum absolute atomic E-state index is 0.398. The van der Waals surface area contributed by atoms with Gasteiger partial charge in [0.25, 0.3) is 0 Å². The molecule has 0 radical (unpaired) electrons. The number of carbonyl (C=O) groups is 1. The van der Waals surface area contributed by atoms with E-state index in [1.165, 1.54) is 0 Å². The molecule has 0 saturated heterocycles. The first-order valence-electron chi connectivity index (χ1n) is 8.60. The van der Waals surface area contributed by atoms with E-state index in [4.69, 9.17) is 18.3 Å². The Hall–Kier alpha value is -2.15. The highest BCUT2D eigenvalue weighted by atomic mass is 28.3. The SMILES string of the molecule is COc1c(OC(=O)c2ccccc2)ccc(C)c1CCC[SiH](OC)OC. The van der Waals surface area contributed by atoms with Crippen molar-refractivity contribution in [3.63, 3.8) is 0 Å². The van der Waals surface area contributed by atoms with Crippen LogP contribution in [0.4, 0.5) is 0 Å². The number of hydrogen-bond acceptors (Lipinski definition) is 5. The van der Waals surface area contributed by atoms with Crippen molar-refractivity contribution in [1.29, 1.82) is 0 Å². The third kappa shape index (κ3) is 5.17. The van der Waals surface area contributed by atoms with Crippen LogP contribution >= 0.6 is 0 Å². The van der Waals surface area contributed by atoms with Gasteiger partial charge in [-0.2, -0.15) is 0 Å². The van der Waals surface area contributed by atoms with E-state index in [-0.39, 0.29) is 0 Å². The molecule has 0 aliphatic carbocycles. The van der Waals surface area contributed by atoms with Gasteiger partial charge in [0, 0.05) is 19.8 Å². The Morgan fingerprint density at radius 3 is 2.31 bits per heavy atom. The van der Waals surface area contributed by atoms with Crippen LogP contribution in [0, 0.1) is 6.92 Å². The van der Waals surface area contributed by atoms with Crippen molar-refractivity contribution >= 4 is 15.3 Å². The molecule has 2 rings (SSSR count). The summed E-state index contributed by atoms with van der Waals surface area (Å²) < 4.78 is 21.9. The number of carbonyl (C=O) groups excluding carboxylic acids is 1. The third-order valence-electron chi connectivity index (χ3n) is 4.27. The van der Waals surface area contributed by atoms with E-state index in [1.54, 1.807) is 51.7 Å². The number of hydrogen-bond donors (Lipinski definition) is 0. The average Bonchev–Trinajstić information content (AvgIpc) is 2.68. The molecule has 6 heteroatoms.